The summed E-state index contributed by atoms with van der Waals surface area (Å²) in [5.74, 6) is -1.83. The Kier molecular flexibility index (Phi) is 14.2. The first-order valence-electron chi connectivity index (χ1n) is 13.3. The van der Waals surface area contributed by atoms with Crippen molar-refractivity contribution >= 4 is 57.4 Å². The third-order valence-corrected chi connectivity index (χ3v) is 7.94. The molecule has 1 saturated carbocycles. The minimum absolute atomic E-state index is 0. The van der Waals surface area contributed by atoms with E-state index in [1.54, 1.807) is 13.7 Å². The van der Waals surface area contributed by atoms with E-state index in [4.69, 9.17) is 4.65 Å². The third-order valence-electron chi connectivity index (χ3n) is 6.63. The SMILES string of the molecule is C[CH-]C=NCC(C)O[B][C@H](CC(C)C)NC(=O)[C@]1(NC(=O)c2cc(Br)cc(C(F)(F)F)c2Br)CC1c1ccccc1.[U]. The minimum Gasteiger partial charge on any atom is -0.434 e. The molecule has 2 aromatic carbocycles. The van der Waals surface area contributed by atoms with E-state index in [0.29, 0.717) is 19.4 Å². The van der Waals surface area contributed by atoms with E-state index in [-0.39, 0.29) is 59.1 Å². The summed E-state index contributed by atoms with van der Waals surface area (Å²) in [6.45, 7) is 8.22. The van der Waals surface area contributed by atoms with Crippen LogP contribution in [-0.4, -0.2) is 49.6 Å². The maximum atomic E-state index is 13.9. The van der Waals surface area contributed by atoms with Crippen molar-refractivity contribution in [3.8, 4) is 0 Å². The summed E-state index contributed by atoms with van der Waals surface area (Å²) in [6, 6.07) is 11.4. The van der Waals surface area contributed by atoms with Gasteiger partial charge in [0.1, 0.15) is 5.54 Å². The van der Waals surface area contributed by atoms with Gasteiger partial charge in [-0.05, 0) is 59.3 Å². The first kappa shape index (κ1) is 36.9. The Hall–Kier alpha value is -1.25. The Labute approximate surface area is 286 Å². The van der Waals surface area contributed by atoms with Crippen LogP contribution in [0.1, 0.15) is 67.9 Å². The monoisotopic (exact) mass is 935 g/mol. The van der Waals surface area contributed by atoms with Crippen molar-refractivity contribution in [2.24, 2.45) is 10.9 Å². The van der Waals surface area contributed by atoms with E-state index < -0.39 is 39.5 Å². The molecule has 2 amide bonds. The van der Waals surface area contributed by atoms with E-state index in [2.05, 4.69) is 47.5 Å². The molecule has 1 aliphatic carbocycles. The largest absolute Gasteiger partial charge is 0.434 e. The zero-order valence-electron chi connectivity index (χ0n) is 23.8. The average molecular weight is 937 g/mol. The second-order valence-corrected chi connectivity index (χ2v) is 12.3. The molecule has 225 valence electrons. The number of nitrogens with zero attached hydrogens (tertiary/aromatic N) is 1. The van der Waals surface area contributed by atoms with Crippen LogP contribution in [0.4, 0.5) is 13.2 Å². The van der Waals surface area contributed by atoms with Crippen LogP contribution < -0.4 is 10.6 Å². The fraction of sp³-hybridized carbons (Fsp3) is 0.448. The van der Waals surface area contributed by atoms with Gasteiger partial charge in [-0.3, -0.25) is 9.59 Å². The van der Waals surface area contributed by atoms with Gasteiger partial charge in [-0.15, -0.1) is 6.21 Å². The summed E-state index contributed by atoms with van der Waals surface area (Å²) >= 11 is 6.04. The van der Waals surface area contributed by atoms with Crippen LogP contribution in [0.2, 0.25) is 0 Å². The van der Waals surface area contributed by atoms with Gasteiger partial charge in [0.2, 0.25) is 5.91 Å². The van der Waals surface area contributed by atoms with Gasteiger partial charge in [0.05, 0.1) is 23.8 Å². The van der Waals surface area contributed by atoms with Crippen LogP contribution in [-0.2, 0) is 15.6 Å². The number of aliphatic imine (C=N–C) groups is 1. The Morgan fingerprint density at radius 2 is 1.88 bits per heavy atom. The molecule has 6 nitrogen and oxygen atoms in total. The number of carbonyl (C=O) groups is 2. The van der Waals surface area contributed by atoms with Crippen LogP contribution in [0.15, 0.2) is 56.4 Å². The second-order valence-electron chi connectivity index (χ2n) is 10.5. The van der Waals surface area contributed by atoms with E-state index in [1.807, 2.05) is 64.4 Å². The van der Waals surface area contributed by atoms with Gasteiger partial charge in [-0.25, -0.2) is 0 Å². The number of rotatable bonds is 13. The molecule has 3 rings (SSSR count). The van der Waals surface area contributed by atoms with Gasteiger partial charge < -0.3 is 26.7 Å². The van der Waals surface area contributed by atoms with Gasteiger partial charge in [0, 0.05) is 51.9 Å². The van der Waals surface area contributed by atoms with Crippen molar-refractivity contribution < 1.29 is 58.5 Å². The number of halogens is 5. The van der Waals surface area contributed by atoms with Gasteiger partial charge in [0.25, 0.3) is 5.91 Å². The standard InChI is InChI=1S/C29H33BBr2F3N3O3.U/c1-5-11-36-16-18(4)41-30-24(12-17(2)3)37-27(40)28(15-23(28)19-9-7-6-8-10-19)38-26(39)21-13-20(31)14-22(25(21)32)29(33,34)35;/h5-11,13-14,17-18,23-24H,12,15-16H2,1-4H3,(H,37,40)(H,38,39);/q-1;/t18?,23?,24-,28-;/m0./s1. The normalized spacial score (nSPS) is 19.5. The maximum Gasteiger partial charge on any atom is 0.417 e. The number of amides is 2. The van der Waals surface area contributed by atoms with Gasteiger partial charge in [-0.1, -0.05) is 60.1 Å². The molecule has 2 unspecified atom stereocenters. The summed E-state index contributed by atoms with van der Waals surface area (Å²) < 4.78 is 46.4. The van der Waals surface area contributed by atoms with Crippen LogP contribution in [0, 0.1) is 43.5 Å². The Morgan fingerprint density at radius 3 is 2.48 bits per heavy atom. The van der Waals surface area contributed by atoms with Crippen molar-refractivity contribution in [1.29, 1.82) is 0 Å². The van der Waals surface area contributed by atoms with Crippen LogP contribution in [0.25, 0.3) is 0 Å². The van der Waals surface area contributed by atoms with Crippen molar-refractivity contribution in [3.05, 3.63) is 74.5 Å². The topological polar surface area (TPSA) is 79.8 Å². The predicted molar refractivity (Wildman–Crippen MR) is 162 cm³/mol. The second kappa shape index (κ2) is 16.2. The third kappa shape index (κ3) is 9.88. The Bertz CT molecular complexity index is 1250. The van der Waals surface area contributed by atoms with Gasteiger partial charge >= 0.3 is 13.7 Å². The molecule has 0 aliphatic heterocycles. The van der Waals surface area contributed by atoms with E-state index in [0.717, 1.165) is 11.6 Å². The first-order chi connectivity index (χ1) is 19.3. The fourth-order valence-corrected chi connectivity index (χ4v) is 5.66. The van der Waals surface area contributed by atoms with E-state index >= 15 is 0 Å². The quantitative estimate of drug-likeness (QED) is 0.134. The number of hydrogen-bond donors (Lipinski definition) is 2. The van der Waals surface area contributed by atoms with Crippen molar-refractivity contribution in [3.63, 3.8) is 0 Å². The maximum absolute atomic E-state index is 13.9. The van der Waals surface area contributed by atoms with Crippen LogP contribution >= 0.6 is 31.9 Å². The number of nitrogens with one attached hydrogen (secondary N) is 2. The molecule has 0 spiro atoms. The molecule has 13 heteroatoms. The summed E-state index contributed by atoms with van der Waals surface area (Å²) in [4.78, 5) is 31.6. The molecule has 2 aromatic rings. The first-order valence-corrected chi connectivity index (χ1v) is 14.9. The van der Waals surface area contributed by atoms with E-state index in [1.165, 1.54) is 6.07 Å². The number of alkyl halides is 3. The van der Waals surface area contributed by atoms with Crippen LogP contribution in [0.3, 0.4) is 0 Å². The van der Waals surface area contributed by atoms with Crippen LogP contribution in [0.5, 0.6) is 0 Å². The molecule has 4 atom stereocenters. The molecule has 0 saturated heterocycles. The fourth-order valence-electron chi connectivity index (χ4n) is 4.57. The summed E-state index contributed by atoms with van der Waals surface area (Å²) in [7, 11) is 1.59. The minimum atomic E-state index is -4.68. The molecular weight excluding hydrogens is 904 g/mol. The predicted octanol–water partition coefficient (Wildman–Crippen LogP) is 6.69. The van der Waals surface area contributed by atoms with Crippen molar-refractivity contribution in [1.82, 2.24) is 10.6 Å². The smallest absolute Gasteiger partial charge is 0.417 e. The Balaban J connectivity index is 0.00000616. The summed E-state index contributed by atoms with van der Waals surface area (Å²) in [5, 5.41) is 5.80. The zero-order chi connectivity index (χ0) is 30.4. The molecule has 1 fully saturated rings. The summed E-state index contributed by atoms with van der Waals surface area (Å²) in [5.41, 5.74) is -1.74. The Morgan fingerprint density at radius 1 is 1.21 bits per heavy atom. The summed E-state index contributed by atoms with van der Waals surface area (Å²) in [6.07, 6.45) is -0.521. The molecule has 0 aromatic heterocycles. The zero-order valence-corrected chi connectivity index (χ0v) is 31.1. The number of hydrogen-bond acceptors (Lipinski definition) is 4. The molecule has 0 heterocycles. The number of carbonyl (C=O) groups excluding carboxylic acids is 2. The molecule has 42 heavy (non-hydrogen) atoms. The molecule has 1 radical (unpaired) electrons. The van der Waals surface area contributed by atoms with E-state index in [9.17, 15) is 22.8 Å². The number of benzene rings is 2. The van der Waals surface area contributed by atoms with Crippen molar-refractivity contribution in [2.45, 2.75) is 70.2 Å². The molecule has 0 bridgehead atoms. The molecule has 2 N–H and O–H groups in total. The van der Waals surface area contributed by atoms with Gasteiger partial charge in [0.15, 0.2) is 0 Å². The van der Waals surface area contributed by atoms with Gasteiger partial charge in [-0.2, -0.15) is 20.1 Å². The average Bonchev–Trinajstić information content (AvgIpc) is 3.63. The molecular formula is C29H33BBr2F3N3O3U-. The van der Waals surface area contributed by atoms with Crippen molar-refractivity contribution in [2.75, 3.05) is 6.54 Å². The molecule has 1 aliphatic rings.